The molecule has 0 aliphatic carbocycles. The lowest BCUT2D eigenvalue weighted by molar-refractivity contribution is 0.0498. The molecule has 0 atom stereocenters. The van der Waals surface area contributed by atoms with E-state index < -0.39 is 11.8 Å². The highest BCUT2D eigenvalue weighted by molar-refractivity contribution is 6.14. The molecule has 2 aromatic rings. The summed E-state index contributed by atoms with van der Waals surface area (Å²) in [5.74, 6) is 0.153. The molecule has 2 aromatic carbocycles. The number of unbranched alkanes of at least 4 members (excludes halogenated alkanes) is 7. The Balaban J connectivity index is 2.12. The van der Waals surface area contributed by atoms with Crippen LogP contribution in [-0.2, 0) is 4.74 Å². The largest absolute Gasteiger partial charge is 0.496 e. The molecule has 0 aliphatic rings. The average molecular weight is 555 g/mol. The predicted octanol–water partition coefficient (Wildman–Crippen LogP) is 8.03. The van der Waals surface area contributed by atoms with Crippen LogP contribution < -0.4 is 14.2 Å². The van der Waals surface area contributed by atoms with Crippen LogP contribution in [0.3, 0.4) is 0 Å². The molecule has 0 fully saturated rings. The van der Waals surface area contributed by atoms with Crippen LogP contribution in [0.25, 0.3) is 0 Å². The van der Waals surface area contributed by atoms with Crippen molar-refractivity contribution in [1.82, 2.24) is 0 Å². The number of carbonyl (C=O) groups is 3. The third kappa shape index (κ3) is 11.0. The quantitative estimate of drug-likeness (QED) is 0.0668. The summed E-state index contributed by atoms with van der Waals surface area (Å²) in [6.07, 6.45) is 10.0. The Morgan fingerprint density at radius 2 is 1.20 bits per heavy atom. The van der Waals surface area contributed by atoms with Gasteiger partial charge in [0.1, 0.15) is 5.75 Å². The van der Waals surface area contributed by atoms with E-state index in [4.69, 9.17) is 18.9 Å². The second kappa shape index (κ2) is 18.9. The molecule has 7 heteroatoms. The van der Waals surface area contributed by atoms with Crippen molar-refractivity contribution in [2.75, 3.05) is 26.9 Å². The first-order valence-electron chi connectivity index (χ1n) is 14.8. The van der Waals surface area contributed by atoms with Gasteiger partial charge in [-0.3, -0.25) is 9.59 Å². The average Bonchev–Trinajstić information content (AvgIpc) is 2.97. The Hall–Kier alpha value is -3.35. The van der Waals surface area contributed by atoms with E-state index in [-0.39, 0.29) is 23.5 Å². The second-order valence-corrected chi connectivity index (χ2v) is 9.91. The van der Waals surface area contributed by atoms with E-state index in [1.54, 1.807) is 18.2 Å². The smallest absolute Gasteiger partial charge is 0.338 e. The third-order valence-corrected chi connectivity index (χ3v) is 6.57. The summed E-state index contributed by atoms with van der Waals surface area (Å²) in [6.45, 7) is 7.79. The molecule has 0 aliphatic heterocycles. The Morgan fingerprint density at radius 1 is 0.600 bits per heavy atom. The first kappa shape index (κ1) is 32.9. The van der Waals surface area contributed by atoms with Gasteiger partial charge in [-0.05, 0) is 55.7 Å². The zero-order valence-electron chi connectivity index (χ0n) is 24.7. The molecule has 0 aromatic heterocycles. The molecule has 0 saturated carbocycles. The maximum atomic E-state index is 13.1. The van der Waals surface area contributed by atoms with Crippen LogP contribution in [0.2, 0.25) is 0 Å². The van der Waals surface area contributed by atoms with E-state index in [2.05, 4.69) is 13.8 Å². The lowest BCUT2D eigenvalue weighted by Gasteiger charge is -2.14. The molecule has 0 heterocycles. The van der Waals surface area contributed by atoms with Crippen molar-refractivity contribution in [2.45, 2.75) is 91.4 Å². The molecule has 7 nitrogen and oxygen atoms in total. The van der Waals surface area contributed by atoms with Gasteiger partial charge in [-0.15, -0.1) is 0 Å². The van der Waals surface area contributed by atoms with Crippen molar-refractivity contribution in [1.29, 1.82) is 0 Å². The van der Waals surface area contributed by atoms with Crippen molar-refractivity contribution in [3.63, 3.8) is 0 Å². The number of hydrogen-bond donors (Lipinski definition) is 0. The maximum absolute atomic E-state index is 13.1. The van der Waals surface area contributed by atoms with Gasteiger partial charge in [0.05, 0.1) is 44.5 Å². The fourth-order valence-electron chi connectivity index (χ4n) is 4.12. The monoisotopic (exact) mass is 554 g/mol. The van der Waals surface area contributed by atoms with E-state index >= 15 is 0 Å². The number of carbonyl (C=O) groups excluding carboxylic acids is 3. The second-order valence-electron chi connectivity index (χ2n) is 9.91. The number of rotatable bonds is 21. The molecule has 0 radical (unpaired) electrons. The molecular weight excluding hydrogens is 508 g/mol. The summed E-state index contributed by atoms with van der Waals surface area (Å²) in [5, 5.41) is 0. The van der Waals surface area contributed by atoms with Crippen molar-refractivity contribution in [2.24, 2.45) is 0 Å². The van der Waals surface area contributed by atoms with Gasteiger partial charge in [-0.2, -0.15) is 0 Å². The Kier molecular flexibility index (Phi) is 15.5. The van der Waals surface area contributed by atoms with Gasteiger partial charge in [0.2, 0.25) is 0 Å². The topological polar surface area (TPSA) is 88.1 Å². The summed E-state index contributed by atoms with van der Waals surface area (Å²) in [7, 11) is 1.42. The lowest BCUT2D eigenvalue weighted by atomic mass is 9.99. The molecule has 0 bridgehead atoms. The van der Waals surface area contributed by atoms with Gasteiger partial charge in [0.25, 0.3) is 0 Å². The van der Waals surface area contributed by atoms with E-state index in [9.17, 15) is 14.4 Å². The van der Waals surface area contributed by atoms with Crippen LogP contribution in [0, 0.1) is 0 Å². The highest BCUT2D eigenvalue weighted by Gasteiger charge is 2.21. The Morgan fingerprint density at radius 3 is 1.82 bits per heavy atom. The van der Waals surface area contributed by atoms with Gasteiger partial charge in [0.15, 0.2) is 23.1 Å². The minimum Gasteiger partial charge on any atom is -0.496 e. The van der Waals surface area contributed by atoms with Gasteiger partial charge in [0, 0.05) is 5.56 Å². The van der Waals surface area contributed by atoms with Crippen LogP contribution >= 0.6 is 0 Å². The van der Waals surface area contributed by atoms with Gasteiger partial charge in [-0.1, -0.05) is 65.7 Å². The number of ketones is 2. The number of methoxy groups -OCH3 is 1. The summed E-state index contributed by atoms with van der Waals surface area (Å²) in [5.41, 5.74) is 0.910. The third-order valence-electron chi connectivity index (χ3n) is 6.57. The van der Waals surface area contributed by atoms with Gasteiger partial charge in [-0.25, -0.2) is 4.79 Å². The summed E-state index contributed by atoms with van der Waals surface area (Å²) >= 11 is 0. The maximum Gasteiger partial charge on any atom is 0.338 e. The van der Waals surface area contributed by atoms with Gasteiger partial charge < -0.3 is 18.9 Å². The van der Waals surface area contributed by atoms with E-state index in [0.29, 0.717) is 42.4 Å². The lowest BCUT2D eigenvalue weighted by Crippen LogP contribution is -2.12. The first-order valence-corrected chi connectivity index (χ1v) is 14.8. The number of ether oxygens (including phenoxy) is 4. The minimum atomic E-state index is -0.475. The highest BCUT2D eigenvalue weighted by Crippen LogP contribution is 2.30. The molecule has 0 N–H and O–H groups in total. The van der Waals surface area contributed by atoms with Crippen LogP contribution in [0.4, 0.5) is 0 Å². The van der Waals surface area contributed by atoms with E-state index in [1.165, 1.54) is 31.7 Å². The number of esters is 1. The number of benzene rings is 2. The zero-order valence-corrected chi connectivity index (χ0v) is 24.7. The molecule has 0 saturated heterocycles. The predicted molar refractivity (Wildman–Crippen MR) is 157 cm³/mol. The molecule has 40 heavy (non-hydrogen) atoms. The molecule has 2 rings (SSSR count). The van der Waals surface area contributed by atoms with E-state index in [1.807, 2.05) is 6.92 Å². The van der Waals surface area contributed by atoms with Gasteiger partial charge >= 0.3 is 5.97 Å². The van der Waals surface area contributed by atoms with Crippen molar-refractivity contribution < 1.29 is 33.3 Å². The summed E-state index contributed by atoms with van der Waals surface area (Å²) in [4.78, 5) is 38.5. The van der Waals surface area contributed by atoms with E-state index in [0.717, 1.165) is 57.8 Å². The fraction of sp³-hybridized carbons (Fsp3) is 0.545. The van der Waals surface area contributed by atoms with Crippen LogP contribution in [-0.4, -0.2) is 44.5 Å². The van der Waals surface area contributed by atoms with Crippen molar-refractivity contribution in [3.8, 4) is 17.2 Å². The summed E-state index contributed by atoms with van der Waals surface area (Å²) in [6, 6.07) is 9.59. The Labute approximate surface area is 239 Å². The SMILES string of the molecule is CCCCCCOc1ccc(C(=O)CC(=O)c2ccc(C(=O)OCCCC)cc2OC)cc1OCCCCCC. The number of Topliss-reactive ketones (excluding diaryl/α,β-unsaturated/α-hetero) is 2. The molecular formula is C33H46O7. The van der Waals surface area contributed by atoms with Crippen LogP contribution in [0.1, 0.15) is 122 Å². The first-order chi connectivity index (χ1) is 19.4. The molecule has 0 spiro atoms. The highest BCUT2D eigenvalue weighted by atomic mass is 16.5. The standard InChI is InChI=1S/C33H46O7/c1-5-8-11-13-20-38-30-18-16-25(22-32(30)39-21-14-12-9-6-2)28(34)24-29(35)27-17-15-26(23-31(27)37-4)33(36)40-19-10-7-3/h15-18,22-23H,5-14,19-21,24H2,1-4H3. The molecule has 220 valence electrons. The molecule has 0 unspecified atom stereocenters. The number of hydrogen-bond acceptors (Lipinski definition) is 7. The zero-order chi connectivity index (χ0) is 29.2. The summed E-state index contributed by atoms with van der Waals surface area (Å²) < 4.78 is 22.6. The van der Waals surface area contributed by atoms with Crippen LogP contribution in [0.5, 0.6) is 17.2 Å². The fourth-order valence-corrected chi connectivity index (χ4v) is 4.12. The molecule has 0 amide bonds. The van der Waals surface area contributed by atoms with Crippen molar-refractivity contribution >= 4 is 17.5 Å². The normalized spacial score (nSPS) is 10.7. The minimum absolute atomic E-state index is 0.227. The Bertz CT molecular complexity index is 1080. The van der Waals surface area contributed by atoms with Crippen LogP contribution in [0.15, 0.2) is 36.4 Å². The van der Waals surface area contributed by atoms with Crippen molar-refractivity contribution in [3.05, 3.63) is 53.1 Å².